The number of methoxy groups -OCH3 is 1. The van der Waals surface area contributed by atoms with E-state index in [1.54, 1.807) is 0 Å². The van der Waals surface area contributed by atoms with E-state index < -0.39 is 0 Å². The molecule has 0 spiro atoms. The minimum absolute atomic E-state index is 0.570. The van der Waals surface area contributed by atoms with Crippen LogP contribution in [0.25, 0.3) is 0 Å². The highest BCUT2D eigenvalue weighted by atomic mass is 16.5. The largest absolute Gasteiger partial charge is 0.381 e. The number of ether oxygens (including phenoxy) is 1. The van der Waals surface area contributed by atoms with Crippen LogP contribution in [0, 0.1) is 17.8 Å². The van der Waals surface area contributed by atoms with Crippen LogP contribution in [0.4, 0.5) is 0 Å². The quantitative estimate of drug-likeness (QED) is 0.610. The van der Waals surface area contributed by atoms with Crippen LogP contribution in [-0.4, -0.2) is 13.2 Å². The van der Waals surface area contributed by atoms with Crippen LogP contribution in [-0.2, 0) is 4.74 Å². The molecule has 0 aromatic rings. The molecule has 19 heavy (non-hydrogen) atoms. The maximum atomic E-state index is 5.47. The van der Waals surface area contributed by atoms with Crippen LogP contribution in [0.3, 0.4) is 0 Å². The van der Waals surface area contributed by atoms with Gasteiger partial charge in [0, 0.05) is 7.11 Å². The van der Waals surface area contributed by atoms with Gasteiger partial charge in [-0.2, -0.15) is 0 Å². The third-order valence-corrected chi connectivity index (χ3v) is 5.77. The molecular formula is C18H34O. The lowest BCUT2D eigenvalue weighted by Gasteiger charge is -2.31. The van der Waals surface area contributed by atoms with E-state index in [-0.39, 0.29) is 0 Å². The van der Waals surface area contributed by atoms with Gasteiger partial charge in [0.25, 0.3) is 0 Å². The zero-order chi connectivity index (χ0) is 13.5. The Balaban J connectivity index is 1.57. The Hall–Kier alpha value is -0.0400. The Morgan fingerprint density at radius 3 is 1.53 bits per heavy atom. The Labute approximate surface area is 120 Å². The summed E-state index contributed by atoms with van der Waals surface area (Å²) in [7, 11) is 1.87. The highest BCUT2D eigenvalue weighted by Gasteiger charge is 2.24. The van der Waals surface area contributed by atoms with Gasteiger partial charge < -0.3 is 4.74 Å². The molecule has 0 radical (unpaired) electrons. The highest BCUT2D eigenvalue weighted by molar-refractivity contribution is 4.76. The summed E-state index contributed by atoms with van der Waals surface area (Å²) >= 11 is 0. The van der Waals surface area contributed by atoms with E-state index in [0.29, 0.717) is 6.10 Å². The minimum atomic E-state index is 0.570. The fraction of sp³-hybridized carbons (Fsp3) is 1.00. The van der Waals surface area contributed by atoms with Gasteiger partial charge in [-0.15, -0.1) is 0 Å². The summed E-state index contributed by atoms with van der Waals surface area (Å²) in [6.45, 7) is 2.34. The van der Waals surface area contributed by atoms with E-state index in [0.717, 1.165) is 17.8 Å². The van der Waals surface area contributed by atoms with E-state index in [1.165, 1.54) is 77.0 Å². The zero-order valence-corrected chi connectivity index (χ0v) is 13.2. The van der Waals surface area contributed by atoms with Crippen LogP contribution in [0.1, 0.15) is 84.0 Å². The van der Waals surface area contributed by atoms with Crippen LogP contribution >= 0.6 is 0 Å². The van der Waals surface area contributed by atoms with Gasteiger partial charge in [-0.25, -0.2) is 0 Å². The Morgan fingerprint density at radius 1 is 0.684 bits per heavy atom. The second-order valence-corrected chi connectivity index (χ2v) is 7.13. The van der Waals surface area contributed by atoms with Crippen LogP contribution in [0.2, 0.25) is 0 Å². The van der Waals surface area contributed by atoms with Crippen LogP contribution in [0.5, 0.6) is 0 Å². The lowest BCUT2D eigenvalue weighted by molar-refractivity contribution is 0.0540. The fourth-order valence-electron chi connectivity index (χ4n) is 4.34. The van der Waals surface area contributed by atoms with Crippen molar-refractivity contribution in [3.8, 4) is 0 Å². The molecule has 0 aromatic heterocycles. The third-order valence-electron chi connectivity index (χ3n) is 5.77. The van der Waals surface area contributed by atoms with Crippen molar-refractivity contribution in [1.29, 1.82) is 0 Å². The van der Waals surface area contributed by atoms with Crippen LogP contribution in [0.15, 0.2) is 0 Å². The molecule has 2 aliphatic rings. The molecule has 1 nitrogen and oxygen atoms in total. The number of hydrogen-bond acceptors (Lipinski definition) is 1. The molecule has 1 heteroatoms. The maximum absolute atomic E-state index is 5.47. The molecule has 0 heterocycles. The summed E-state index contributed by atoms with van der Waals surface area (Å²) in [5.41, 5.74) is 0. The Kier molecular flexibility index (Phi) is 6.70. The molecule has 0 aliphatic heterocycles. The monoisotopic (exact) mass is 266 g/mol. The SMILES string of the molecule is CCC[C@H]1CC[C@H](CC[C@H]2CC[C@H](OC)CC2)CC1. The molecule has 0 amide bonds. The van der Waals surface area contributed by atoms with Crippen LogP contribution < -0.4 is 0 Å². The van der Waals surface area contributed by atoms with Crippen molar-refractivity contribution >= 4 is 0 Å². The molecule has 2 saturated carbocycles. The first-order chi connectivity index (χ1) is 9.31. The number of rotatable bonds is 6. The normalized spacial score (nSPS) is 36.3. The van der Waals surface area contributed by atoms with Gasteiger partial charge in [0.2, 0.25) is 0 Å². The topological polar surface area (TPSA) is 9.23 Å². The number of hydrogen-bond donors (Lipinski definition) is 0. The molecule has 2 aliphatic carbocycles. The first-order valence-electron chi connectivity index (χ1n) is 8.84. The lowest BCUT2D eigenvalue weighted by atomic mass is 9.76. The first kappa shape index (κ1) is 15.4. The van der Waals surface area contributed by atoms with Crippen molar-refractivity contribution in [3.63, 3.8) is 0 Å². The average Bonchev–Trinajstić information content (AvgIpc) is 2.47. The standard InChI is InChI=1S/C18H34O/c1-3-4-15-5-7-16(8-6-15)9-10-17-11-13-18(19-2)14-12-17/h15-18H,3-14H2,1-2H3/t15-,16-,17-,18-. The van der Waals surface area contributed by atoms with E-state index in [9.17, 15) is 0 Å². The summed E-state index contributed by atoms with van der Waals surface area (Å²) in [6, 6.07) is 0. The molecule has 0 atom stereocenters. The minimum Gasteiger partial charge on any atom is -0.381 e. The first-order valence-corrected chi connectivity index (χ1v) is 8.84. The van der Waals surface area contributed by atoms with Gasteiger partial charge in [-0.1, -0.05) is 58.3 Å². The second kappa shape index (κ2) is 8.29. The molecule has 0 bridgehead atoms. The molecule has 0 saturated heterocycles. The molecule has 112 valence electrons. The van der Waals surface area contributed by atoms with Crippen molar-refractivity contribution in [2.45, 2.75) is 90.1 Å². The summed E-state index contributed by atoms with van der Waals surface area (Å²) in [4.78, 5) is 0. The molecule has 2 fully saturated rings. The van der Waals surface area contributed by atoms with E-state index >= 15 is 0 Å². The van der Waals surface area contributed by atoms with Gasteiger partial charge in [-0.05, 0) is 43.4 Å². The summed E-state index contributed by atoms with van der Waals surface area (Å²) in [5.74, 6) is 3.14. The predicted octanol–water partition coefficient (Wildman–Crippen LogP) is 5.58. The Morgan fingerprint density at radius 2 is 1.11 bits per heavy atom. The van der Waals surface area contributed by atoms with E-state index in [4.69, 9.17) is 4.74 Å². The average molecular weight is 266 g/mol. The molecule has 2 rings (SSSR count). The molecular weight excluding hydrogens is 232 g/mol. The smallest absolute Gasteiger partial charge is 0.0571 e. The molecule has 0 N–H and O–H groups in total. The van der Waals surface area contributed by atoms with Crippen molar-refractivity contribution in [1.82, 2.24) is 0 Å². The summed E-state index contributed by atoms with van der Waals surface area (Å²) in [5, 5.41) is 0. The molecule has 0 aromatic carbocycles. The Bertz CT molecular complexity index is 222. The summed E-state index contributed by atoms with van der Waals surface area (Å²) < 4.78 is 5.47. The lowest BCUT2D eigenvalue weighted by Crippen LogP contribution is -2.21. The van der Waals surface area contributed by atoms with Gasteiger partial charge in [0.1, 0.15) is 0 Å². The summed E-state index contributed by atoms with van der Waals surface area (Å²) in [6.07, 6.45) is 18.0. The van der Waals surface area contributed by atoms with Gasteiger partial charge >= 0.3 is 0 Å². The van der Waals surface area contributed by atoms with Crippen molar-refractivity contribution < 1.29 is 4.74 Å². The molecule has 0 unspecified atom stereocenters. The van der Waals surface area contributed by atoms with E-state index in [1.807, 2.05) is 7.11 Å². The maximum Gasteiger partial charge on any atom is 0.0571 e. The van der Waals surface area contributed by atoms with Gasteiger partial charge in [-0.3, -0.25) is 0 Å². The zero-order valence-electron chi connectivity index (χ0n) is 13.2. The second-order valence-electron chi connectivity index (χ2n) is 7.13. The van der Waals surface area contributed by atoms with Crippen molar-refractivity contribution in [2.24, 2.45) is 17.8 Å². The van der Waals surface area contributed by atoms with E-state index in [2.05, 4.69) is 6.92 Å². The van der Waals surface area contributed by atoms with Gasteiger partial charge in [0.05, 0.1) is 6.10 Å². The fourth-order valence-corrected chi connectivity index (χ4v) is 4.34. The van der Waals surface area contributed by atoms with Gasteiger partial charge in [0.15, 0.2) is 0 Å². The third kappa shape index (κ3) is 5.10. The van der Waals surface area contributed by atoms with Crippen molar-refractivity contribution in [2.75, 3.05) is 7.11 Å². The highest BCUT2D eigenvalue weighted by Crippen LogP contribution is 2.36. The predicted molar refractivity (Wildman–Crippen MR) is 82.3 cm³/mol. The van der Waals surface area contributed by atoms with Crippen molar-refractivity contribution in [3.05, 3.63) is 0 Å².